The van der Waals surface area contributed by atoms with Gasteiger partial charge in [0.25, 0.3) is 0 Å². The third kappa shape index (κ3) is 3.59. The molecule has 0 aromatic carbocycles. The van der Waals surface area contributed by atoms with E-state index in [0.717, 1.165) is 5.57 Å². The number of nitrogens with zero attached hydrogens (tertiary/aromatic N) is 1. The summed E-state index contributed by atoms with van der Waals surface area (Å²) >= 11 is 5.70. The summed E-state index contributed by atoms with van der Waals surface area (Å²) in [7, 11) is -3.58. The number of sulfonamides is 1. The Balaban J connectivity index is 2.87. The van der Waals surface area contributed by atoms with Crippen LogP contribution in [0.3, 0.4) is 0 Å². The fraction of sp³-hybridized carbons (Fsp3) is 0.300. The molecule has 1 rings (SSSR count). The highest BCUT2D eigenvalue weighted by atomic mass is 35.5. The van der Waals surface area contributed by atoms with Gasteiger partial charge < -0.3 is 0 Å². The average molecular weight is 261 g/mol. The van der Waals surface area contributed by atoms with Gasteiger partial charge in [0.05, 0.1) is 0 Å². The van der Waals surface area contributed by atoms with Crippen LogP contribution in [0.4, 0.5) is 0 Å². The summed E-state index contributed by atoms with van der Waals surface area (Å²) in [6.45, 7) is 4.03. The summed E-state index contributed by atoms with van der Waals surface area (Å²) in [6.07, 6.45) is 3.22. The molecule has 0 amide bonds. The Labute approximate surface area is 100 Å². The van der Waals surface area contributed by atoms with Crippen LogP contribution in [0.5, 0.6) is 0 Å². The molecule has 0 saturated heterocycles. The molecule has 0 spiro atoms. The lowest BCUT2D eigenvalue weighted by molar-refractivity contribution is 0.585. The van der Waals surface area contributed by atoms with E-state index in [1.165, 1.54) is 18.3 Å². The minimum Gasteiger partial charge on any atom is -0.243 e. The molecule has 0 atom stereocenters. The Bertz CT molecular complexity index is 493. The number of allylic oxidation sites excluding steroid dienone is 1. The van der Waals surface area contributed by atoms with E-state index in [-0.39, 0.29) is 16.6 Å². The molecular formula is C10H13ClN2O2S. The van der Waals surface area contributed by atoms with Crippen molar-refractivity contribution in [1.82, 2.24) is 9.71 Å². The second-order valence-corrected chi connectivity index (χ2v) is 5.52. The molecule has 0 aliphatic rings. The molecule has 6 heteroatoms. The third-order valence-corrected chi connectivity index (χ3v) is 3.67. The van der Waals surface area contributed by atoms with E-state index >= 15 is 0 Å². The average Bonchev–Trinajstić information content (AvgIpc) is 2.17. The highest BCUT2D eigenvalue weighted by Crippen LogP contribution is 2.17. The summed E-state index contributed by atoms with van der Waals surface area (Å²) in [4.78, 5) is 3.72. The summed E-state index contributed by atoms with van der Waals surface area (Å²) < 4.78 is 26.0. The Hall–Kier alpha value is -0.910. The Morgan fingerprint density at radius 2 is 2.25 bits per heavy atom. The Morgan fingerprint density at radius 3 is 2.81 bits per heavy atom. The summed E-state index contributed by atoms with van der Waals surface area (Å²) in [5, 5.41) is -0.0211. The van der Waals surface area contributed by atoms with Crippen molar-refractivity contribution in [2.75, 3.05) is 6.54 Å². The van der Waals surface area contributed by atoms with Crippen molar-refractivity contribution in [2.45, 2.75) is 18.7 Å². The van der Waals surface area contributed by atoms with Crippen LogP contribution in [0.15, 0.2) is 34.9 Å². The van der Waals surface area contributed by atoms with Gasteiger partial charge >= 0.3 is 0 Å². The molecule has 1 aromatic heterocycles. The number of aromatic nitrogens is 1. The quantitative estimate of drug-likeness (QED) is 0.665. The molecule has 0 fully saturated rings. The summed E-state index contributed by atoms with van der Waals surface area (Å²) in [5.74, 6) is 0. The number of hydrogen-bond acceptors (Lipinski definition) is 3. The first-order valence-corrected chi connectivity index (χ1v) is 6.53. The van der Waals surface area contributed by atoms with Crippen molar-refractivity contribution in [2.24, 2.45) is 0 Å². The molecule has 88 valence electrons. The predicted molar refractivity (Wildman–Crippen MR) is 63.9 cm³/mol. The van der Waals surface area contributed by atoms with E-state index in [2.05, 4.69) is 9.71 Å². The SMILES string of the molecule is CC(C)=CCNS(=O)(=O)c1cccnc1Cl. The Morgan fingerprint density at radius 1 is 1.56 bits per heavy atom. The first-order valence-electron chi connectivity index (χ1n) is 4.67. The molecule has 0 unspecified atom stereocenters. The van der Waals surface area contributed by atoms with Crippen molar-refractivity contribution in [1.29, 1.82) is 0 Å². The van der Waals surface area contributed by atoms with Crippen LogP contribution in [-0.2, 0) is 10.0 Å². The zero-order valence-electron chi connectivity index (χ0n) is 9.07. The minimum atomic E-state index is -3.58. The lowest BCUT2D eigenvalue weighted by atomic mass is 10.3. The van der Waals surface area contributed by atoms with Crippen molar-refractivity contribution in [3.8, 4) is 0 Å². The van der Waals surface area contributed by atoms with E-state index in [4.69, 9.17) is 11.6 Å². The van der Waals surface area contributed by atoms with Gasteiger partial charge in [-0.05, 0) is 26.0 Å². The highest BCUT2D eigenvalue weighted by molar-refractivity contribution is 7.89. The fourth-order valence-corrected chi connectivity index (χ4v) is 2.42. The molecule has 4 nitrogen and oxygen atoms in total. The zero-order chi connectivity index (χ0) is 12.2. The van der Waals surface area contributed by atoms with Crippen molar-refractivity contribution >= 4 is 21.6 Å². The summed E-state index contributed by atoms with van der Waals surface area (Å²) in [5.41, 5.74) is 1.04. The van der Waals surface area contributed by atoms with E-state index in [9.17, 15) is 8.42 Å². The van der Waals surface area contributed by atoms with Crippen LogP contribution in [0, 0.1) is 0 Å². The van der Waals surface area contributed by atoms with E-state index in [0.29, 0.717) is 0 Å². The molecule has 1 aromatic rings. The molecular weight excluding hydrogens is 248 g/mol. The van der Waals surface area contributed by atoms with E-state index in [1.54, 1.807) is 6.08 Å². The molecule has 1 heterocycles. The highest BCUT2D eigenvalue weighted by Gasteiger charge is 2.16. The first kappa shape index (κ1) is 13.2. The maximum Gasteiger partial charge on any atom is 0.243 e. The van der Waals surface area contributed by atoms with Gasteiger partial charge in [0.15, 0.2) is 0 Å². The van der Waals surface area contributed by atoms with E-state index in [1.807, 2.05) is 13.8 Å². The van der Waals surface area contributed by atoms with Crippen LogP contribution in [-0.4, -0.2) is 19.9 Å². The predicted octanol–water partition coefficient (Wildman–Crippen LogP) is 1.98. The normalized spacial score (nSPS) is 11.2. The molecule has 0 bridgehead atoms. The molecule has 0 aliphatic carbocycles. The van der Waals surface area contributed by atoms with Gasteiger partial charge in [0, 0.05) is 12.7 Å². The van der Waals surface area contributed by atoms with Gasteiger partial charge in [-0.25, -0.2) is 18.1 Å². The van der Waals surface area contributed by atoms with Crippen molar-refractivity contribution in [3.63, 3.8) is 0 Å². The van der Waals surface area contributed by atoms with Gasteiger partial charge in [-0.3, -0.25) is 0 Å². The van der Waals surface area contributed by atoms with Crippen LogP contribution in [0.1, 0.15) is 13.8 Å². The largest absolute Gasteiger partial charge is 0.243 e. The molecule has 1 N–H and O–H groups in total. The lowest BCUT2D eigenvalue weighted by Gasteiger charge is -2.05. The minimum absolute atomic E-state index is 0.00109. The van der Waals surface area contributed by atoms with Gasteiger partial charge in [0.1, 0.15) is 10.0 Å². The third-order valence-electron chi connectivity index (χ3n) is 1.80. The van der Waals surface area contributed by atoms with Crippen LogP contribution < -0.4 is 4.72 Å². The van der Waals surface area contributed by atoms with Crippen LogP contribution >= 0.6 is 11.6 Å². The molecule has 16 heavy (non-hydrogen) atoms. The number of nitrogens with one attached hydrogen (secondary N) is 1. The van der Waals surface area contributed by atoms with E-state index < -0.39 is 10.0 Å². The van der Waals surface area contributed by atoms with Gasteiger partial charge in [0.2, 0.25) is 10.0 Å². The fourth-order valence-electron chi connectivity index (χ4n) is 1.00. The number of halogens is 1. The standard InChI is InChI=1S/C10H13ClN2O2S/c1-8(2)5-7-13-16(14,15)9-4-3-6-12-10(9)11/h3-6,13H,7H2,1-2H3. The second kappa shape index (κ2) is 5.43. The number of hydrogen-bond donors (Lipinski definition) is 1. The smallest absolute Gasteiger partial charge is 0.243 e. The maximum atomic E-state index is 11.8. The van der Waals surface area contributed by atoms with Crippen LogP contribution in [0.25, 0.3) is 0 Å². The van der Waals surface area contributed by atoms with Crippen LogP contribution in [0.2, 0.25) is 5.15 Å². The topological polar surface area (TPSA) is 59.1 Å². The summed E-state index contributed by atoms with van der Waals surface area (Å²) in [6, 6.07) is 2.95. The second-order valence-electron chi connectivity index (χ2n) is 3.43. The number of pyridine rings is 1. The van der Waals surface area contributed by atoms with Crippen molar-refractivity contribution < 1.29 is 8.42 Å². The number of rotatable bonds is 4. The van der Waals surface area contributed by atoms with Gasteiger partial charge in [-0.15, -0.1) is 0 Å². The lowest BCUT2D eigenvalue weighted by Crippen LogP contribution is -2.24. The molecule has 0 saturated carbocycles. The molecule has 0 radical (unpaired) electrons. The first-order chi connectivity index (χ1) is 7.43. The zero-order valence-corrected chi connectivity index (χ0v) is 10.6. The van der Waals surface area contributed by atoms with Gasteiger partial charge in [-0.2, -0.15) is 0 Å². The van der Waals surface area contributed by atoms with Gasteiger partial charge in [-0.1, -0.05) is 23.3 Å². The molecule has 0 aliphatic heterocycles. The Kier molecular flexibility index (Phi) is 4.46. The van der Waals surface area contributed by atoms with Crippen molar-refractivity contribution in [3.05, 3.63) is 35.1 Å². The monoisotopic (exact) mass is 260 g/mol. The maximum absolute atomic E-state index is 11.8.